The Hall–Kier alpha value is -3.04. The van der Waals surface area contributed by atoms with Gasteiger partial charge in [-0.05, 0) is 5.56 Å². The topological polar surface area (TPSA) is 93.5 Å². The van der Waals surface area contributed by atoms with E-state index in [4.69, 9.17) is 9.84 Å². The van der Waals surface area contributed by atoms with E-state index in [2.05, 4.69) is 5.10 Å². The maximum absolute atomic E-state index is 12.9. The van der Waals surface area contributed by atoms with E-state index in [0.29, 0.717) is 10.2 Å². The fourth-order valence-corrected chi connectivity index (χ4v) is 1.95. The first-order valence-electron chi connectivity index (χ1n) is 6.55. The number of carboxylic acid groups (broad SMARTS) is 1. The summed E-state index contributed by atoms with van der Waals surface area (Å²) in [6, 6.07) is 8.44. The Bertz CT molecular complexity index is 757. The van der Waals surface area contributed by atoms with Crippen molar-refractivity contribution in [3.05, 3.63) is 47.3 Å². The molecule has 0 bridgehead atoms. The van der Waals surface area contributed by atoms with Crippen molar-refractivity contribution in [2.75, 3.05) is 5.32 Å². The summed E-state index contributed by atoms with van der Waals surface area (Å²) in [6.07, 6.45) is -6.16. The number of carbonyl (C=O) groups is 2. The molecule has 0 fully saturated rings. The van der Waals surface area contributed by atoms with Crippen molar-refractivity contribution in [1.29, 1.82) is 0 Å². The van der Waals surface area contributed by atoms with Gasteiger partial charge in [-0.25, -0.2) is 9.59 Å². The van der Waals surface area contributed by atoms with Crippen LogP contribution in [-0.2, 0) is 24.6 Å². The molecule has 2 rings (SSSR count). The maximum Gasteiger partial charge on any atom is 0.437 e. The highest BCUT2D eigenvalue weighted by atomic mass is 19.4. The zero-order valence-corrected chi connectivity index (χ0v) is 12.3. The number of amides is 1. The fourth-order valence-electron chi connectivity index (χ4n) is 1.95. The Morgan fingerprint density at radius 3 is 2.46 bits per heavy atom. The van der Waals surface area contributed by atoms with Crippen LogP contribution in [0.2, 0.25) is 0 Å². The Balaban J connectivity index is 2.21. The molecule has 0 unspecified atom stereocenters. The summed E-state index contributed by atoms with van der Waals surface area (Å²) in [4.78, 5) is 22.8. The highest BCUT2D eigenvalue weighted by molar-refractivity contribution is 5.98. The minimum Gasteiger partial charge on any atom is -0.476 e. The molecule has 0 aliphatic carbocycles. The van der Waals surface area contributed by atoms with Crippen LogP contribution in [0.3, 0.4) is 0 Å². The van der Waals surface area contributed by atoms with E-state index < -0.39 is 35.3 Å². The molecular weight excluding hydrogens is 331 g/mol. The summed E-state index contributed by atoms with van der Waals surface area (Å²) in [5.41, 5.74) is -2.66. The SMILES string of the molecule is Cn1nc(C(F)(F)F)c(NC(=O)OCc2ccccc2)c1C(=O)O. The second kappa shape index (κ2) is 6.60. The molecule has 0 atom stereocenters. The molecule has 0 aliphatic rings. The van der Waals surface area contributed by atoms with Crippen LogP contribution in [0.5, 0.6) is 0 Å². The number of nitrogens with zero attached hydrogens (tertiary/aromatic N) is 2. The van der Waals surface area contributed by atoms with Crippen LogP contribution in [0.15, 0.2) is 30.3 Å². The highest BCUT2D eigenvalue weighted by Crippen LogP contribution is 2.35. The summed E-state index contributed by atoms with van der Waals surface area (Å²) < 4.78 is 44.2. The quantitative estimate of drug-likeness (QED) is 0.890. The van der Waals surface area contributed by atoms with Gasteiger partial charge in [-0.15, -0.1) is 0 Å². The van der Waals surface area contributed by atoms with Crippen LogP contribution >= 0.6 is 0 Å². The standard InChI is InChI=1S/C14H12F3N3O4/c1-20-10(12(21)22)9(11(19-20)14(15,16)17)18-13(23)24-7-8-5-3-2-4-6-8/h2-6H,7H2,1H3,(H,18,23)(H,21,22). The Morgan fingerprint density at radius 1 is 1.29 bits per heavy atom. The second-order valence-corrected chi connectivity index (χ2v) is 4.69. The predicted molar refractivity (Wildman–Crippen MR) is 75.4 cm³/mol. The van der Waals surface area contributed by atoms with Gasteiger partial charge in [0.05, 0.1) is 0 Å². The largest absolute Gasteiger partial charge is 0.476 e. The van der Waals surface area contributed by atoms with E-state index >= 15 is 0 Å². The van der Waals surface area contributed by atoms with Gasteiger partial charge in [-0.3, -0.25) is 10.00 Å². The summed E-state index contributed by atoms with van der Waals surface area (Å²) >= 11 is 0. The van der Waals surface area contributed by atoms with Gasteiger partial charge in [0.25, 0.3) is 0 Å². The third kappa shape index (κ3) is 3.83. The van der Waals surface area contributed by atoms with Crippen LogP contribution < -0.4 is 5.32 Å². The molecule has 0 saturated carbocycles. The molecule has 1 aromatic heterocycles. The minimum absolute atomic E-state index is 0.184. The molecule has 2 aromatic rings. The van der Waals surface area contributed by atoms with Gasteiger partial charge < -0.3 is 9.84 Å². The van der Waals surface area contributed by atoms with Crippen molar-refractivity contribution in [2.45, 2.75) is 12.8 Å². The number of aromatic nitrogens is 2. The fraction of sp³-hybridized carbons (Fsp3) is 0.214. The highest BCUT2D eigenvalue weighted by Gasteiger charge is 2.41. The first-order valence-corrected chi connectivity index (χ1v) is 6.55. The maximum atomic E-state index is 12.9. The van der Waals surface area contributed by atoms with E-state index in [1.54, 1.807) is 30.3 Å². The Morgan fingerprint density at radius 2 is 1.92 bits per heavy atom. The zero-order chi connectivity index (χ0) is 17.9. The molecule has 0 radical (unpaired) electrons. The number of hydrogen-bond donors (Lipinski definition) is 2. The summed E-state index contributed by atoms with van der Waals surface area (Å²) in [5.74, 6) is -1.67. The van der Waals surface area contributed by atoms with Crippen LogP contribution in [0.4, 0.5) is 23.7 Å². The van der Waals surface area contributed by atoms with Crippen molar-refractivity contribution < 1.29 is 32.6 Å². The summed E-state index contributed by atoms with van der Waals surface area (Å²) in [7, 11) is 1.03. The number of rotatable bonds is 4. The molecule has 1 amide bonds. The molecule has 24 heavy (non-hydrogen) atoms. The van der Waals surface area contributed by atoms with Crippen molar-refractivity contribution >= 4 is 17.7 Å². The average molecular weight is 343 g/mol. The monoisotopic (exact) mass is 343 g/mol. The van der Waals surface area contributed by atoms with Crippen LogP contribution in [0.1, 0.15) is 21.7 Å². The number of carboxylic acids is 1. The molecule has 0 saturated heterocycles. The van der Waals surface area contributed by atoms with Crippen LogP contribution in [0.25, 0.3) is 0 Å². The number of hydrogen-bond acceptors (Lipinski definition) is 4. The normalized spacial score (nSPS) is 11.2. The number of aryl methyl sites for hydroxylation is 1. The average Bonchev–Trinajstić information content (AvgIpc) is 2.83. The van der Waals surface area contributed by atoms with E-state index in [0.717, 1.165) is 7.05 Å². The van der Waals surface area contributed by atoms with Gasteiger partial charge in [0.1, 0.15) is 12.3 Å². The van der Waals surface area contributed by atoms with Gasteiger partial charge in [0.2, 0.25) is 0 Å². The number of alkyl halides is 3. The van der Waals surface area contributed by atoms with Gasteiger partial charge in [0, 0.05) is 7.05 Å². The number of carbonyl (C=O) groups excluding carboxylic acids is 1. The number of benzene rings is 1. The third-order valence-electron chi connectivity index (χ3n) is 2.96. The van der Waals surface area contributed by atoms with Gasteiger partial charge in [-0.2, -0.15) is 18.3 Å². The molecule has 1 aromatic carbocycles. The molecule has 7 nitrogen and oxygen atoms in total. The number of aromatic carboxylic acids is 1. The zero-order valence-electron chi connectivity index (χ0n) is 12.3. The molecule has 0 spiro atoms. The lowest BCUT2D eigenvalue weighted by atomic mass is 10.2. The van der Waals surface area contributed by atoms with Crippen LogP contribution in [0, 0.1) is 0 Å². The smallest absolute Gasteiger partial charge is 0.437 e. The molecular formula is C14H12F3N3O4. The van der Waals surface area contributed by atoms with Gasteiger partial charge in [0.15, 0.2) is 11.4 Å². The third-order valence-corrected chi connectivity index (χ3v) is 2.96. The van der Waals surface area contributed by atoms with Gasteiger partial charge >= 0.3 is 18.2 Å². The van der Waals surface area contributed by atoms with Gasteiger partial charge in [-0.1, -0.05) is 30.3 Å². The number of halogens is 3. The van der Waals surface area contributed by atoms with Crippen molar-refractivity contribution in [3.63, 3.8) is 0 Å². The van der Waals surface area contributed by atoms with Crippen LogP contribution in [-0.4, -0.2) is 26.9 Å². The Kier molecular flexibility index (Phi) is 4.77. The lowest BCUT2D eigenvalue weighted by Gasteiger charge is -2.09. The molecule has 1 heterocycles. The number of nitrogens with one attached hydrogen (secondary N) is 1. The van der Waals surface area contributed by atoms with Crippen molar-refractivity contribution in [2.24, 2.45) is 7.05 Å². The number of ether oxygens (including phenoxy) is 1. The minimum atomic E-state index is -4.94. The van der Waals surface area contributed by atoms with Crippen molar-refractivity contribution in [3.8, 4) is 0 Å². The lowest BCUT2D eigenvalue weighted by molar-refractivity contribution is -0.140. The molecule has 128 valence electrons. The molecule has 2 N–H and O–H groups in total. The number of anilines is 1. The van der Waals surface area contributed by atoms with E-state index in [-0.39, 0.29) is 6.61 Å². The molecule has 10 heteroatoms. The van der Waals surface area contributed by atoms with E-state index in [1.165, 1.54) is 0 Å². The molecule has 0 aliphatic heterocycles. The first-order chi connectivity index (χ1) is 11.2. The second-order valence-electron chi connectivity index (χ2n) is 4.69. The van der Waals surface area contributed by atoms with E-state index in [9.17, 15) is 22.8 Å². The predicted octanol–water partition coefficient (Wildman–Crippen LogP) is 2.89. The summed E-state index contributed by atoms with van der Waals surface area (Å²) in [5, 5.41) is 14.0. The van der Waals surface area contributed by atoms with E-state index in [1.807, 2.05) is 5.32 Å². The first kappa shape index (κ1) is 17.3. The summed E-state index contributed by atoms with van der Waals surface area (Å²) in [6.45, 7) is -0.184. The Labute approximate surface area is 133 Å². The van der Waals surface area contributed by atoms with Crippen molar-refractivity contribution in [1.82, 2.24) is 9.78 Å². The lowest BCUT2D eigenvalue weighted by Crippen LogP contribution is -2.19.